The molecule has 2 heterocycles. The van der Waals surface area contributed by atoms with E-state index in [0.717, 1.165) is 24.9 Å². The van der Waals surface area contributed by atoms with Crippen LogP contribution in [0.4, 0.5) is 18.9 Å². The molecule has 2 aliphatic heterocycles. The first-order valence-corrected chi connectivity index (χ1v) is 10.0. The Morgan fingerprint density at radius 3 is 2.86 bits per heavy atom. The summed E-state index contributed by atoms with van der Waals surface area (Å²) in [5, 5.41) is 6.50. The fourth-order valence-electron chi connectivity index (χ4n) is 3.97. The van der Waals surface area contributed by atoms with Crippen LogP contribution in [0.3, 0.4) is 0 Å². The normalized spacial score (nSPS) is 21.0. The van der Waals surface area contributed by atoms with Gasteiger partial charge in [-0.2, -0.15) is 13.2 Å². The molecule has 1 saturated heterocycles. The zero-order chi connectivity index (χ0) is 20.1. The Balaban J connectivity index is 1.59. The molecule has 28 heavy (non-hydrogen) atoms. The number of nitrogens with zero attached hydrogens (tertiary/aromatic N) is 3. The number of benzene rings is 1. The smallest absolute Gasteiger partial charge is 0.374 e. The van der Waals surface area contributed by atoms with Crippen molar-refractivity contribution in [3.63, 3.8) is 0 Å². The van der Waals surface area contributed by atoms with E-state index < -0.39 is 12.7 Å². The molecule has 5 nitrogen and oxygen atoms in total. The van der Waals surface area contributed by atoms with Gasteiger partial charge in [0.05, 0.1) is 13.1 Å². The molecule has 0 bridgehead atoms. The Kier molecular flexibility index (Phi) is 6.69. The van der Waals surface area contributed by atoms with Crippen LogP contribution in [0.25, 0.3) is 0 Å². The van der Waals surface area contributed by atoms with E-state index in [4.69, 9.17) is 0 Å². The van der Waals surface area contributed by atoms with Crippen LogP contribution >= 0.6 is 0 Å². The zero-order valence-corrected chi connectivity index (χ0v) is 16.6. The molecule has 156 valence electrons. The second kappa shape index (κ2) is 9.03. The van der Waals surface area contributed by atoms with Crippen LogP contribution in [-0.4, -0.2) is 62.8 Å². The molecule has 3 rings (SSSR count). The summed E-state index contributed by atoms with van der Waals surface area (Å²) in [5.41, 5.74) is 3.80. The lowest BCUT2D eigenvalue weighted by atomic mass is 10.00. The van der Waals surface area contributed by atoms with Crippen LogP contribution in [0.1, 0.15) is 30.9 Å². The number of alkyl halides is 3. The van der Waals surface area contributed by atoms with Crippen molar-refractivity contribution in [1.29, 1.82) is 0 Å². The van der Waals surface area contributed by atoms with Crippen LogP contribution in [0, 0.1) is 0 Å². The van der Waals surface area contributed by atoms with Gasteiger partial charge in [-0.05, 0) is 43.4 Å². The first kappa shape index (κ1) is 20.8. The number of likely N-dealkylation sites (tertiary alicyclic amines) is 1. The van der Waals surface area contributed by atoms with Gasteiger partial charge >= 0.3 is 6.18 Å². The van der Waals surface area contributed by atoms with E-state index in [1.807, 2.05) is 6.92 Å². The molecule has 2 N–H and O–H groups in total. The van der Waals surface area contributed by atoms with Gasteiger partial charge in [0.1, 0.15) is 0 Å². The van der Waals surface area contributed by atoms with E-state index in [0.29, 0.717) is 38.6 Å². The van der Waals surface area contributed by atoms with Gasteiger partial charge in [-0.25, -0.2) is 4.99 Å². The zero-order valence-electron chi connectivity index (χ0n) is 16.6. The molecule has 0 spiro atoms. The summed E-state index contributed by atoms with van der Waals surface area (Å²) in [7, 11) is 2.12. The van der Waals surface area contributed by atoms with E-state index in [1.54, 1.807) is 0 Å². The van der Waals surface area contributed by atoms with Gasteiger partial charge in [0.25, 0.3) is 0 Å². The Hall–Kier alpha value is -1.96. The lowest BCUT2D eigenvalue weighted by Gasteiger charge is -2.27. The highest BCUT2D eigenvalue weighted by molar-refractivity contribution is 5.80. The minimum absolute atomic E-state index is 0.0164. The average molecular weight is 397 g/mol. The Bertz CT molecular complexity index is 689. The SMILES string of the molecule is CCNC(=NCc1ccc2c(c1)CCCN2C)NC1CCN(CC(F)(F)F)C1. The Morgan fingerprint density at radius 1 is 1.29 bits per heavy atom. The third-order valence-electron chi connectivity index (χ3n) is 5.27. The maximum atomic E-state index is 12.6. The molecule has 1 atom stereocenters. The number of guanidine groups is 1. The van der Waals surface area contributed by atoms with Crippen molar-refractivity contribution in [2.45, 2.75) is 44.9 Å². The number of halogens is 3. The van der Waals surface area contributed by atoms with Crippen molar-refractivity contribution in [2.24, 2.45) is 4.99 Å². The lowest BCUT2D eigenvalue weighted by molar-refractivity contribution is -0.143. The van der Waals surface area contributed by atoms with Crippen LogP contribution in [-0.2, 0) is 13.0 Å². The second-order valence-corrected chi connectivity index (χ2v) is 7.66. The highest BCUT2D eigenvalue weighted by Crippen LogP contribution is 2.27. The quantitative estimate of drug-likeness (QED) is 0.592. The number of rotatable bonds is 5. The predicted octanol–water partition coefficient (Wildman–Crippen LogP) is 2.76. The van der Waals surface area contributed by atoms with Gasteiger partial charge in [-0.15, -0.1) is 0 Å². The van der Waals surface area contributed by atoms with E-state index in [1.165, 1.54) is 16.2 Å². The van der Waals surface area contributed by atoms with Crippen LogP contribution in [0.2, 0.25) is 0 Å². The summed E-state index contributed by atoms with van der Waals surface area (Å²) >= 11 is 0. The number of aryl methyl sites for hydroxylation is 1. The third-order valence-corrected chi connectivity index (χ3v) is 5.27. The predicted molar refractivity (Wildman–Crippen MR) is 107 cm³/mol. The Morgan fingerprint density at radius 2 is 2.11 bits per heavy atom. The van der Waals surface area contributed by atoms with Crippen molar-refractivity contribution < 1.29 is 13.2 Å². The monoisotopic (exact) mass is 397 g/mol. The minimum atomic E-state index is -4.14. The molecule has 0 saturated carbocycles. The molecule has 1 unspecified atom stereocenters. The van der Waals surface area contributed by atoms with Crippen molar-refractivity contribution in [1.82, 2.24) is 15.5 Å². The van der Waals surface area contributed by atoms with Crippen LogP contribution in [0.15, 0.2) is 23.2 Å². The fourth-order valence-corrected chi connectivity index (χ4v) is 3.97. The lowest BCUT2D eigenvalue weighted by Crippen LogP contribution is -2.45. The van der Waals surface area contributed by atoms with Gasteiger partial charge in [0, 0.05) is 45.0 Å². The van der Waals surface area contributed by atoms with E-state index in [9.17, 15) is 13.2 Å². The maximum Gasteiger partial charge on any atom is 0.401 e. The number of hydrogen-bond acceptors (Lipinski definition) is 3. The number of fused-ring (bicyclic) bond motifs is 1. The number of nitrogens with one attached hydrogen (secondary N) is 2. The molecular weight excluding hydrogens is 367 g/mol. The molecule has 1 fully saturated rings. The topological polar surface area (TPSA) is 42.9 Å². The molecule has 0 amide bonds. The maximum absolute atomic E-state index is 12.6. The summed E-state index contributed by atoms with van der Waals surface area (Å²) in [6.07, 6.45) is -1.21. The summed E-state index contributed by atoms with van der Waals surface area (Å²) in [6.45, 7) is 4.32. The van der Waals surface area contributed by atoms with E-state index >= 15 is 0 Å². The first-order chi connectivity index (χ1) is 13.3. The van der Waals surface area contributed by atoms with Crippen molar-refractivity contribution in [3.05, 3.63) is 29.3 Å². The van der Waals surface area contributed by atoms with Gasteiger partial charge in [-0.3, -0.25) is 4.90 Å². The van der Waals surface area contributed by atoms with Crippen molar-refractivity contribution in [3.8, 4) is 0 Å². The van der Waals surface area contributed by atoms with E-state index in [-0.39, 0.29) is 6.04 Å². The van der Waals surface area contributed by atoms with Crippen LogP contribution < -0.4 is 15.5 Å². The molecule has 2 aliphatic rings. The molecule has 1 aromatic rings. The number of anilines is 1. The largest absolute Gasteiger partial charge is 0.401 e. The Labute approximate surface area is 165 Å². The average Bonchev–Trinajstić information content (AvgIpc) is 3.05. The summed E-state index contributed by atoms with van der Waals surface area (Å²) in [6, 6.07) is 6.47. The minimum Gasteiger partial charge on any atom is -0.374 e. The van der Waals surface area contributed by atoms with Gasteiger partial charge in [0.15, 0.2) is 5.96 Å². The summed E-state index contributed by atoms with van der Waals surface area (Å²) < 4.78 is 37.7. The van der Waals surface area contributed by atoms with Crippen molar-refractivity contribution in [2.75, 3.05) is 44.7 Å². The third kappa shape index (κ3) is 5.77. The van der Waals surface area contributed by atoms with Gasteiger partial charge in [0.2, 0.25) is 0 Å². The molecule has 8 heteroatoms. The first-order valence-electron chi connectivity index (χ1n) is 10.0. The van der Waals surface area contributed by atoms with Gasteiger partial charge in [-0.1, -0.05) is 12.1 Å². The van der Waals surface area contributed by atoms with E-state index in [2.05, 4.69) is 45.8 Å². The molecule has 0 radical (unpaired) electrons. The second-order valence-electron chi connectivity index (χ2n) is 7.66. The molecule has 1 aromatic carbocycles. The summed E-state index contributed by atoms with van der Waals surface area (Å²) in [5.74, 6) is 0.663. The van der Waals surface area contributed by atoms with Crippen LogP contribution in [0.5, 0.6) is 0 Å². The fraction of sp³-hybridized carbons (Fsp3) is 0.650. The molecule has 0 aromatic heterocycles. The standard InChI is InChI=1S/C20H30F3N5/c1-3-24-19(26-17-8-10-28(13-17)14-20(21,22)23)25-12-15-6-7-18-16(11-15)5-4-9-27(18)2/h6-7,11,17H,3-5,8-10,12-14H2,1-2H3,(H2,24,25,26). The summed E-state index contributed by atoms with van der Waals surface area (Å²) in [4.78, 5) is 8.38. The highest BCUT2D eigenvalue weighted by Gasteiger charge is 2.34. The number of aliphatic imine (C=N–C) groups is 1. The molecular formula is C20H30F3N5. The van der Waals surface area contributed by atoms with Gasteiger partial charge < -0.3 is 15.5 Å². The molecule has 0 aliphatic carbocycles. The highest BCUT2D eigenvalue weighted by atomic mass is 19.4. The number of hydrogen-bond donors (Lipinski definition) is 2. The van der Waals surface area contributed by atoms with Crippen molar-refractivity contribution >= 4 is 11.6 Å².